The SMILES string of the molecule is CCC(=C(C)C(=O)O)N1CCNCC1. The molecule has 0 amide bonds. The van der Waals surface area contributed by atoms with E-state index in [2.05, 4.69) is 10.2 Å². The van der Waals surface area contributed by atoms with E-state index in [0.29, 0.717) is 5.57 Å². The Morgan fingerprint density at radius 2 is 2.00 bits per heavy atom. The highest BCUT2D eigenvalue weighted by Gasteiger charge is 2.16. The van der Waals surface area contributed by atoms with Gasteiger partial charge in [0.15, 0.2) is 0 Å². The average Bonchev–Trinajstić information content (AvgIpc) is 2.20. The van der Waals surface area contributed by atoms with E-state index in [1.54, 1.807) is 6.92 Å². The second kappa shape index (κ2) is 5.00. The molecule has 14 heavy (non-hydrogen) atoms. The number of aliphatic carboxylic acids is 1. The standard InChI is InChI=1S/C10H18N2O2/c1-3-9(8(2)10(13)14)12-6-4-11-5-7-12/h11H,3-7H2,1-2H3,(H,13,14). The van der Waals surface area contributed by atoms with Crippen LogP contribution in [-0.2, 0) is 4.79 Å². The van der Waals surface area contributed by atoms with Crippen LogP contribution in [0.3, 0.4) is 0 Å². The summed E-state index contributed by atoms with van der Waals surface area (Å²) in [7, 11) is 0. The van der Waals surface area contributed by atoms with Gasteiger partial charge in [0.25, 0.3) is 0 Å². The number of piperazine rings is 1. The molecular formula is C10H18N2O2. The summed E-state index contributed by atoms with van der Waals surface area (Å²) in [6.07, 6.45) is 0.790. The lowest BCUT2D eigenvalue weighted by Crippen LogP contribution is -2.43. The molecule has 0 radical (unpaired) electrons. The molecule has 0 saturated carbocycles. The van der Waals surface area contributed by atoms with Crippen molar-refractivity contribution in [1.82, 2.24) is 10.2 Å². The van der Waals surface area contributed by atoms with Gasteiger partial charge in [0.05, 0.1) is 5.57 Å². The highest BCUT2D eigenvalue weighted by molar-refractivity contribution is 5.86. The van der Waals surface area contributed by atoms with Crippen molar-refractivity contribution in [3.63, 3.8) is 0 Å². The fourth-order valence-electron chi connectivity index (χ4n) is 1.78. The van der Waals surface area contributed by atoms with Crippen LogP contribution in [0.4, 0.5) is 0 Å². The molecule has 4 nitrogen and oxygen atoms in total. The molecule has 0 unspecified atom stereocenters. The normalized spacial score (nSPS) is 19.1. The molecule has 0 aromatic rings. The molecule has 0 spiro atoms. The van der Waals surface area contributed by atoms with Gasteiger partial charge in [-0.05, 0) is 13.3 Å². The zero-order valence-electron chi connectivity index (χ0n) is 8.84. The zero-order chi connectivity index (χ0) is 10.6. The molecule has 2 N–H and O–H groups in total. The Labute approximate surface area is 84.6 Å². The monoisotopic (exact) mass is 198 g/mol. The summed E-state index contributed by atoms with van der Waals surface area (Å²) in [5.41, 5.74) is 1.45. The number of nitrogens with zero attached hydrogens (tertiary/aromatic N) is 1. The number of carbonyl (C=O) groups is 1. The molecule has 0 aliphatic carbocycles. The molecule has 1 heterocycles. The fourth-order valence-corrected chi connectivity index (χ4v) is 1.78. The number of carboxylic acid groups (broad SMARTS) is 1. The van der Waals surface area contributed by atoms with Crippen LogP contribution in [0, 0.1) is 0 Å². The van der Waals surface area contributed by atoms with E-state index < -0.39 is 5.97 Å². The second-order valence-corrected chi connectivity index (χ2v) is 3.47. The quantitative estimate of drug-likeness (QED) is 0.654. The lowest BCUT2D eigenvalue weighted by molar-refractivity contribution is -0.132. The number of hydrogen-bond donors (Lipinski definition) is 2. The number of carboxylic acids is 1. The second-order valence-electron chi connectivity index (χ2n) is 3.47. The fraction of sp³-hybridized carbons (Fsp3) is 0.700. The molecule has 80 valence electrons. The van der Waals surface area contributed by atoms with Crippen LogP contribution >= 0.6 is 0 Å². The predicted molar refractivity (Wildman–Crippen MR) is 55.1 cm³/mol. The van der Waals surface area contributed by atoms with Gasteiger partial charge in [-0.1, -0.05) is 6.92 Å². The lowest BCUT2D eigenvalue weighted by Gasteiger charge is -2.32. The average molecular weight is 198 g/mol. The number of rotatable bonds is 3. The van der Waals surface area contributed by atoms with E-state index >= 15 is 0 Å². The predicted octanol–water partition coefficient (Wildman–Crippen LogP) is 0.660. The van der Waals surface area contributed by atoms with Gasteiger partial charge in [-0.3, -0.25) is 0 Å². The Morgan fingerprint density at radius 3 is 2.43 bits per heavy atom. The first-order valence-corrected chi connectivity index (χ1v) is 5.05. The summed E-state index contributed by atoms with van der Waals surface area (Å²) < 4.78 is 0. The minimum absolute atomic E-state index is 0.481. The number of hydrogen-bond acceptors (Lipinski definition) is 3. The summed E-state index contributed by atoms with van der Waals surface area (Å²) in [5, 5.41) is 12.2. The highest BCUT2D eigenvalue weighted by Crippen LogP contribution is 2.14. The topological polar surface area (TPSA) is 52.6 Å². The number of nitrogens with one attached hydrogen (secondary N) is 1. The minimum Gasteiger partial charge on any atom is -0.478 e. The first kappa shape index (κ1) is 11.0. The summed E-state index contributed by atoms with van der Waals surface area (Å²) in [4.78, 5) is 13.0. The smallest absolute Gasteiger partial charge is 0.333 e. The Morgan fingerprint density at radius 1 is 1.43 bits per heavy atom. The molecule has 0 aromatic carbocycles. The Hall–Kier alpha value is -1.03. The van der Waals surface area contributed by atoms with Gasteiger partial charge in [-0.15, -0.1) is 0 Å². The van der Waals surface area contributed by atoms with Crippen LogP contribution in [0.5, 0.6) is 0 Å². The van der Waals surface area contributed by atoms with Crippen LogP contribution in [0.15, 0.2) is 11.3 Å². The van der Waals surface area contributed by atoms with Gasteiger partial charge < -0.3 is 15.3 Å². The summed E-state index contributed by atoms with van der Waals surface area (Å²) in [6, 6.07) is 0. The third-order valence-corrected chi connectivity index (χ3v) is 2.59. The maximum absolute atomic E-state index is 10.8. The van der Waals surface area contributed by atoms with Crippen molar-refractivity contribution in [3.8, 4) is 0 Å². The zero-order valence-corrected chi connectivity index (χ0v) is 8.84. The summed E-state index contributed by atoms with van der Waals surface area (Å²) in [5.74, 6) is -0.805. The lowest BCUT2D eigenvalue weighted by atomic mass is 10.1. The van der Waals surface area contributed by atoms with Crippen molar-refractivity contribution in [2.24, 2.45) is 0 Å². The molecule has 1 saturated heterocycles. The van der Waals surface area contributed by atoms with Crippen molar-refractivity contribution in [1.29, 1.82) is 0 Å². The van der Waals surface area contributed by atoms with Gasteiger partial charge in [0.2, 0.25) is 0 Å². The van der Waals surface area contributed by atoms with Crippen molar-refractivity contribution in [2.45, 2.75) is 20.3 Å². The van der Waals surface area contributed by atoms with Gasteiger partial charge in [0, 0.05) is 31.9 Å². The minimum atomic E-state index is -0.805. The van der Waals surface area contributed by atoms with Gasteiger partial charge in [-0.2, -0.15) is 0 Å². The van der Waals surface area contributed by atoms with E-state index in [1.807, 2.05) is 6.92 Å². The van der Waals surface area contributed by atoms with Crippen molar-refractivity contribution in [2.75, 3.05) is 26.2 Å². The van der Waals surface area contributed by atoms with E-state index in [1.165, 1.54) is 0 Å². The first-order chi connectivity index (χ1) is 6.66. The first-order valence-electron chi connectivity index (χ1n) is 5.05. The molecular weight excluding hydrogens is 180 g/mol. The van der Waals surface area contributed by atoms with Crippen LogP contribution in [0.25, 0.3) is 0 Å². The van der Waals surface area contributed by atoms with E-state index in [-0.39, 0.29) is 0 Å². The Balaban J connectivity index is 2.78. The maximum Gasteiger partial charge on any atom is 0.333 e. The van der Waals surface area contributed by atoms with Crippen LogP contribution < -0.4 is 5.32 Å². The third kappa shape index (κ3) is 2.48. The maximum atomic E-state index is 10.8. The number of allylic oxidation sites excluding steroid dienone is 1. The molecule has 1 aliphatic heterocycles. The molecule has 1 rings (SSSR count). The van der Waals surface area contributed by atoms with Gasteiger partial charge in [-0.25, -0.2) is 4.79 Å². The third-order valence-electron chi connectivity index (χ3n) is 2.59. The summed E-state index contributed by atoms with van der Waals surface area (Å²) >= 11 is 0. The Kier molecular flexibility index (Phi) is 3.95. The van der Waals surface area contributed by atoms with E-state index in [0.717, 1.165) is 38.3 Å². The van der Waals surface area contributed by atoms with Gasteiger partial charge in [0.1, 0.15) is 0 Å². The van der Waals surface area contributed by atoms with Crippen LogP contribution in [0.2, 0.25) is 0 Å². The molecule has 1 aliphatic rings. The molecule has 0 aromatic heterocycles. The Bertz CT molecular complexity index is 243. The van der Waals surface area contributed by atoms with E-state index in [4.69, 9.17) is 5.11 Å². The van der Waals surface area contributed by atoms with Crippen molar-refractivity contribution in [3.05, 3.63) is 11.3 Å². The largest absolute Gasteiger partial charge is 0.478 e. The van der Waals surface area contributed by atoms with Crippen molar-refractivity contribution >= 4 is 5.97 Å². The molecule has 0 atom stereocenters. The molecule has 0 bridgehead atoms. The summed E-state index contributed by atoms with van der Waals surface area (Å²) in [6.45, 7) is 7.39. The van der Waals surface area contributed by atoms with E-state index in [9.17, 15) is 4.79 Å². The van der Waals surface area contributed by atoms with Crippen LogP contribution in [0.1, 0.15) is 20.3 Å². The van der Waals surface area contributed by atoms with Crippen molar-refractivity contribution < 1.29 is 9.90 Å². The molecule has 4 heteroatoms. The van der Waals surface area contributed by atoms with Crippen LogP contribution in [-0.4, -0.2) is 42.2 Å². The molecule has 1 fully saturated rings. The highest BCUT2D eigenvalue weighted by atomic mass is 16.4. The van der Waals surface area contributed by atoms with Gasteiger partial charge >= 0.3 is 5.97 Å².